The molecular weight excluding hydrogens is 587 g/mol. The van der Waals surface area contributed by atoms with E-state index in [4.69, 9.17) is 27.9 Å². The molecule has 4 aromatic heterocycles. The summed E-state index contributed by atoms with van der Waals surface area (Å²) in [7, 11) is 0. The molecule has 5 heterocycles. The molecular formula is C27H32Cl2N8O5. The summed E-state index contributed by atoms with van der Waals surface area (Å²) in [6.45, 7) is 13.7. The second kappa shape index (κ2) is 11.0. The first-order chi connectivity index (χ1) is 19.4. The second-order valence-electron chi connectivity index (χ2n) is 12.0. The molecule has 15 heteroatoms. The smallest absolute Gasteiger partial charge is 0.407 e. The minimum absolute atomic E-state index is 0.0136. The van der Waals surface area contributed by atoms with Crippen LogP contribution >= 0.6 is 23.2 Å². The summed E-state index contributed by atoms with van der Waals surface area (Å²) >= 11 is 11.7. The Bertz CT molecular complexity index is 1700. The average Bonchev–Trinajstić information content (AvgIpc) is 3.45. The second-order valence-corrected chi connectivity index (χ2v) is 12.7. The number of fused-ring (bicyclic) bond motifs is 4. The highest BCUT2D eigenvalue weighted by Crippen LogP contribution is 2.30. The third-order valence-corrected chi connectivity index (χ3v) is 6.80. The van der Waals surface area contributed by atoms with Gasteiger partial charge in [-0.1, -0.05) is 0 Å². The standard InChI is InChI=1S/C16H21ClN4O4.C11H11ClN4O/c1-15(2,3)25-14(24)19-8-16(4,5)21-10(12(22)23)6-9-7-18-13(17)20-11(9)21;1-11(2)5-14-9(17)7-3-6-4-13-10(12)15-8(6)16(7)11/h6-7H,8H2,1-5H3,(H,19,24)(H,22,23);3-4H,5H2,1-2H3,(H,14,17). The summed E-state index contributed by atoms with van der Waals surface area (Å²) < 4.78 is 8.66. The van der Waals surface area contributed by atoms with Crippen molar-refractivity contribution in [1.29, 1.82) is 0 Å². The lowest BCUT2D eigenvalue weighted by Gasteiger charge is -2.33. The lowest BCUT2D eigenvalue weighted by Crippen LogP contribution is -2.48. The molecule has 3 N–H and O–H groups in total. The van der Waals surface area contributed by atoms with Gasteiger partial charge in [-0.2, -0.15) is 9.97 Å². The number of rotatable bonds is 4. The molecule has 0 radical (unpaired) electrons. The molecule has 0 aromatic carbocycles. The number of alkyl carbamates (subject to hydrolysis) is 1. The topological polar surface area (TPSA) is 166 Å². The van der Waals surface area contributed by atoms with Crippen molar-refractivity contribution in [1.82, 2.24) is 39.7 Å². The quantitative estimate of drug-likeness (QED) is 0.277. The van der Waals surface area contributed by atoms with Crippen molar-refractivity contribution < 1.29 is 24.2 Å². The van der Waals surface area contributed by atoms with Gasteiger partial charge in [-0.3, -0.25) is 4.79 Å². The van der Waals surface area contributed by atoms with E-state index >= 15 is 0 Å². The van der Waals surface area contributed by atoms with Crippen molar-refractivity contribution in [2.24, 2.45) is 0 Å². The third kappa shape index (κ3) is 6.41. The van der Waals surface area contributed by atoms with Crippen molar-refractivity contribution in [3.05, 3.63) is 46.5 Å². The van der Waals surface area contributed by atoms with E-state index in [1.807, 2.05) is 18.4 Å². The number of hydrogen-bond acceptors (Lipinski definition) is 8. The van der Waals surface area contributed by atoms with Gasteiger partial charge in [-0.05, 0) is 83.8 Å². The van der Waals surface area contributed by atoms with Gasteiger partial charge >= 0.3 is 12.1 Å². The molecule has 0 aliphatic carbocycles. The van der Waals surface area contributed by atoms with Gasteiger partial charge in [0.1, 0.15) is 28.3 Å². The Morgan fingerprint density at radius 1 is 1.05 bits per heavy atom. The maximum atomic E-state index is 11.9. The monoisotopic (exact) mass is 618 g/mol. The van der Waals surface area contributed by atoms with Crippen LogP contribution in [-0.4, -0.2) is 70.8 Å². The zero-order valence-corrected chi connectivity index (χ0v) is 25.8. The summed E-state index contributed by atoms with van der Waals surface area (Å²) in [5.74, 6) is -1.20. The van der Waals surface area contributed by atoms with Crippen molar-refractivity contribution in [2.75, 3.05) is 13.1 Å². The molecule has 13 nitrogen and oxygen atoms in total. The largest absolute Gasteiger partial charge is 0.477 e. The van der Waals surface area contributed by atoms with Crippen LogP contribution in [-0.2, 0) is 15.8 Å². The molecule has 1 aliphatic heterocycles. The Kier molecular flexibility index (Phi) is 8.13. The maximum Gasteiger partial charge on any atom is 0.407 e. The SMILES string of the molecule is CC(C)(C)OC(=O)NCC(C)(C)n1c(C(=O)O)cc2cnc(Cl)nc21.CC1(C)CNC(=O)c2cc3cnc(Cl)nc3n21. The zero-order valence-electron chi connectivity index (χ0n) is 24.2. The number of amides is 2. The fourth-order valence-corrected chi connectivity index (χ4v) is 4.89. The van der Waals surface area contributed by atoms with E-state index in [1.54, 1.807) is 46.9 Å². The van der Waals surface area contributed by atoms with Gasteiger partial charge in [0.25, 0.3) is 5.91 Å². The Morgan fingerprint density at radius 2 is 1.62 bits per heavy atom. The highest BCUT2D eigenvalue weighted by molar-refractivity contribution is 6.28. The first kappa shape index (κ1) is 31.0. The maximum absolute atomic E-state index is 11.9. The van der Waals surface area contributed by atoms with Gasteiger partial charge in [0.05, 0.1) is 11.1 Å². The van der Waals surface area contributed by atoms with E-state index < -0.39 is 23.2 Å². The van der Waals surface area contributed by atoms with Gasteiger partial charge < -0.3 is 29.6 Å². The Morgan fingerprint density at radius 3 is 2.19 bits per heavy atom. The molecule has 2 amide bonds. The summed E-state index contributed by atoms with van der Waals surface area (Å²) in [5.41, 5.74) is 0.0808. The van der Waals surface area contributed by atoms with E-state index in [0.717, 1.165) is 5.39 Å². The van der Waals surface area contributed by atoms with E-state index in [2.05, 4.69) is 30.6 Å². The number of carbonyl (C=O) groups is 3. The van der Waals surface area contributed by atoms with Crippen molar-refractivity contribution in [3.63, 3.8) is 0 Å². The fraction of sp³-hybridized carbons (Fsp3) is 0.444. The van der Waals surface area contributed by atoms with Crippen LogP contribution < -0.4 is 10.6 Å². The van der Waals surface area contributed by atoms with Gasteiger partial charge in [0.15, 0.2) is 0 Å². The van der Waals surface area contributed by atoms with Crippen LogP contribution in [0.2, 0.25) is 10.6 Å². The summed E-state index contributed by atoms with van der Waals surface area (Å²) in [6, 6.07) is 3.27. The van der Waals surface area contributed by atoms with E-state index in [-0.39, 0.29) is 34.3 Å². The number of nitrogens with zero attached hydrogens (tertiary/aromatic N) is 6. The predicted octanol–water partition coefficient (Wildman–Crippen LogP) is 4.61. The number of aromatic nitrogens is 6. The van der Waals surface area contributed by atoms with Gasteiger partial charge in [-0.15, -0.1) is 0 Å². The minimum Gasteiger partial charge on any atom is -0.477 e. The molecule has 0 unspecified atom stereocenters. The number of hydrogen-bond donors (Lipinski definition) is 3. The number of aromatic carboxylic acids is 1. The van der Waals surface area contributed by atoms with Gasteiger partial charge in [0.2, 0.25) is 10.6 Å². The summed E-state index contributed by atoms with van der Waals surface area (Å²) in [5, 5.41) is 16.6. The highest BCUT2D eigenvalue weighted by atomic mass is 35.5. The van der Waals surface area contributed by atoms with Crippen LogP contribution in [0.15, 0.2) is 24.5 Å². The lowest BCUT2D eigenvalue weighted by atomic mass is 10.0. The molecule has 0 saturated carbocycles. The average molecular weight is 620 g/mol. The van der Waals surface area contributed by atoms with Gasteiger partial charge in [0, 0.05) is 36.3 Å². The molecule has 5 rings (SSSR count). The molecule has 1 aliphatic rings. The first-order valence-corrected chi connectivity index (χ1v) is 13.7. The Hall–Kier alpha value is -3.97. The van der Waals surface area contributed by atoms with Crippen molar-refractivity contribution >= 4 is 63.2 Å². The number of carboxylic acid groups (broad SMARTS) is 1. The summed E-state index contributed by atoms with van der Waals surface area (Å²) in [4.78, 5) is 51.5. The third-order valence-electron chi connectivity index (χ3n) is 6.43. The molecule has 0 saturated heterocycles. The molecule has 224 valence electrons. The van der Waals surface area contributed by atoms with Crippen LogP contribution in [0, 0.1) is 0 Å². The number of carboxylic acids is 1. The molecule has 4 aromatic rings. The van der Waals surface area contributed by atoms with E-state index in [0.29, 0.717) is 28.9 Å². The number of ether oxygens (including phenoxy) is 1. The van der Waals surface area contributed by atoms with Crippen LogP contribution in [0.25, 0.3) is 22.1 Å². The van der Waals surface area contributed by atoms with E-state index in [1.165, 1.54) is 16.8 Å². The van der Waals surface area contributed by atoms with Crippen LogP contribution in [0.4, 0.5) is 4.79 Å². The zero-order chi connectivity index (χ0) is 31.2. The number of halogens is 2. The van der Waals surface area contributed by atoms with Crippen LogP contribution in [0.1, 0.15) is 69.4 Å². The minimum atomic E-state index is -1.11. The molecule has 0 fully saturated rings. The van der Waals surface area contributed by atoms with Crippen LogP contribution in [0.3, 0.4) is 0 Å². The first-order valence-electron chi connectivity index (χ1n) is 13.0. The molecule has 42 heavy (non-hydrogen) atoms. The lowest BCUT2D eigenvalue weighted by molar-refractivity contribution is 0.0508. The molecule has 0 bridgehead atoms. The Balaban J connectivity index is 0.000000206. The molecule has 0 spiro atoms. The fourth-order valence-electron chi connectivity index (χ4n) is 4.63. The van der Waals surface area contributed by atoms with E-state index in [9.17, 15) is 19.5 Å². The van der Waals surface area contributed by atoms with Gasteiger partial charge in [-0.25, -0.2) is 19.6 Å². The van der Waals surface area contributed by atoms with Crippen LogP contribution in [0.5, 0.6) is 0 Å². The number of carbonyl (C=O) groups excluding carboxylic acids is 2. The number of nitrogens with one attached hydrogen (secondary N) is 2. The molecule has 0 atom stereocenters. The highest BCUT2D eigenvalue weighted by Gasteiger charge is 2.33. The Labute approximate surface area is 251 Å². The van der Waals surface area contributed by atoms with Crippen molar-refractivity contribution in [3.8, 4) is 0 Å². The predicted molar refractivity (Wildman–Crippen MR) is 157 cm³/mol. The normalized spacial score (nSPS) is 14.5. The van der Waals surface area contributed by atoms with Crippen molar-refractivity contribution in [2.45, 2.75) is 65.1 Å². The summed E-state index contributed by atoms with van der Waals surface area (Å²) in [6.07, 6.45) is 2.52.